The normalized spacial score (nSPS) is 13.0. The van der Waals surface area contributed by atoms with Crippen LogP contribution in [0.2, 0.25) is 0 Å². The molecule has 0 amide bonds. The second-order valence-corrected chi connectivity index (χ2v) is 3.74. The van der Waals surface area contributed by atoms with Gasteiger partial charge in [-0.2, -0.15) is 0 Å². The fourth-order valence-corrected chi connectivity index (χ4v) is 1.41. The van der Waals surface area contributed by atoms with Crippen molar-refractivity contribution in [3.05, 3.63) is 36.4 Å². The molecule has 0 heterocycles. The first kappa shape index (κ1) is 12.1. The predicted octanol–water partition coefficient (Wildman–Crippen LogP) is 2.60. The molecule has 0 aliphatic heterocycles. The van der Waals surface area contributed by atoms with Crippen molar-refractivity contribution in [1.82, 2.24) is 0 Å². The van der Waals surface area contributed by atoms with Crippen molar-refractivity contribution in [2.45, 2.75) is 11.2 Å². The molecular weight excluding hydrogens is 213 g/mol. The van der Waals surface area contributed by atoms with Crippen LogP contribution in [-0.2, 0) is 0 Å². The maximum Gasteiger partial charge on any atom is 0.167 e. The Balaban J connectivity index is 2.38. The van der Waals surface area contributed by atoms with E-state index in [0.717, 1.165) is 5.75 Å². The molecule has 0 saturated carbocycles. The Bertz CT molecular complexity index is 311. The van der Waals surface area contributed by atoms with Crippen LogP contribution in [0.25, 0.3) is 0 Å². The van der Waals surface area contributed by atoms with Gasteiger partial charge in [0.1, 0.15) is 12.4 Å². The molecule has 2 N–H and O–H groups in total. The molecule has 0 spiro atoms. The highest BCUT2D eigenvalue weighted by molar-refractivity contribution is 7.98. The van der Waals surface area contributed by atoms with E-state index in [9.17, 15) is 4.39 Å². The lowest BCUT2D eigenvalue weighted by atomic mass is 10.3. The van der Waals surface area contributed by atoms with Crippen molar-refractivity contribution in [2.24, 2.45) is 5.73 Å². The van der Waals surface area contributed by atoms with Crippen molar-refractivity contribution >= 4 is 11.8 Å². The van der Waals surface area contributed by atoms with Crippen LogP contribution in [0, 0.1) is 0 Å². The number of hydrogen-bond acceptors (Lipinski definition) is 3. The zero-order valence-corrected chi connectivity index (χ0v) is 9.34. The average Bonchev–Trinajstić information content (AvgIpc) is 2.25. The van der Waals surface area contributed by atoms with Crippen LogP contribution < -0.4 is 10.5 Å². The van der Waals surface area contributed by atoms with Gasteiger partial charge in [-0.1, -0.05) is 0 Å². The van der Waals surface area contributed by atoms with Gasteiger partial charge in [-0.05, 0) is 42.7 Å². The summed E-state index contributed by atoms with van der Waals surface area (Å²) in [5.74, 6) is 0.768. The van der Waals surface area contributed by atoms with E-state index in [4.69, 9.17) is 10.5 Å². The Morgan fingerprint density at radius 2 is 2.13 bits per heavy atom. The van der Waals surface area contributed by atoms with Gasteiger partial charge in [-0.3, -0.25) is 5.73 Å². The van der Waals surface area contributed by atoms with Crippen LogP contribution in [0.1, 0.15) is 0 Å². The van der Waals surface area contributed by atoms with E-state index >= 15 is 0 Å². The highest BCUT2D eigenvalue weighted by atomic mass is 32.2. The Hall–Kier alpha value is -1.00. The maximum absolute atomic E-state index is 12.2. The number of nitrogens with two attached hydrogens (primary N) is 1. The zero-order chi connectivity index (χ0) is 11.1. The number of thioether (sulfide) groups is 1. The summed E-state index contributed by atoms with van der Waals surface area (Å²) in [7, 11) is 0. The smallest absolute Gasteiger partial charge is 0.167 e. The minimum Gasteiger partial charge on any atom is -0.490 e. The molecule has 0 aromatic heterocycles. The topological polar surface area (TPSA) is 35.2 Å². The second kappa shape index (κ2) is 6.48. The van der Waals surface area contributed by atoms with E-state index in [-0.39, 0.29) is 0 Å². The highest BCUT2D eigenvalue weighted by Gasteiger charge is 1.93. The number of rotatable bonds is 5. The number of hydrogen-bond donors (Lipinski definition) is 1. The van der Waals surface area contributed by atoms with E-state index in [1.165, 1.54) is 11.0 Å². The maximum atomic E-state index is 12.2. The van der Waals surface area contributed by atoms with Gasteiger partial charge in [0.15, 0.2) is 6.30 Å². The summed E-state index contributed by atoms with van der Waals surface area (Å²) in [6, 6.07) is 7.72. The van der Waals surface area contributed by atoms with Crippen molar-refractivity contribution in [3.63, 3.8) is 0 Å². The molecule has 1 unspecified atom stereocenters. The monoisotopic (exact) mass is 227 g/mol. The van der Waals surface area contributed by atoms with Crippen molar-refractivity contribution < 1.29 is 9.13 Å². The summed E-state index contributed by atoms with van der Waals surface area (Å²) < 4.78 is 17.5. The van der Waals surface area contributed by atoms with E-state index in [1.807, 2.05) is 30.5 Å². The van der Waals surface area contributed by atoms with Gasteiger partial charge in [0.05, 0.1) is 0 Å². The minimum atomic E-state index is -1.41. The summed E-state index contributed by atoms with van der Waals surface area (Å²) in [4.78, 5) is 1.18. The van der Waals surface area contributed by atoms with Gasteiger partial charge in [0, 0.05) is 4.90 Å². The second-order valence-electron chi connectivity index (χ2n) is 2.86. The first-order chi connectivity index (χ1) is 7.22. The number of ether oxygens (including phenoxy) is 1. The first-order valence-electron chi connectivity index (χ1n) is 4.55. The number of halogens is 1. The van der Waals surface area contributed by atoms with Crippen LogP contribution in [-0.4, -0.2) is 19.2 Å². The van der Waals surface area contributed by atoms with Gasteiger partial charge >= 0.3 is 0 Å². The van der Waals surface area contributed by atoms with Crippen LogP contribution in [0.3, 0.4) is 0 Å². The predicted molar refractivity (Wildman–Crippen MR) is 61.9 cm³/mol. The van der Waals surface area contributed by atoms with Crippen LogP contribution in [0.5, 0.6) is 5.75 Å². The third-order valence-corrected chi connectivity index (χ3v) is 2.47. The molecule has 15 heavy (non-hydrogen) atoms. The SMILES string of the molecule is CSc1ccc(OCC=CC(N)F)cc1. The molecule has 0 fully saturated rings. The Morgan fingerprint density at radius 1 is 1.47 bits per heavy atom. The fourth-order valence-electron chi connectivity index (χ4n) is 1.00. The quantitative estimate of drug-likeness (QED) is 0.477. The van der Waals surface area contributed by atoms with E-state index < -0.39 is 6.30 Å². The summed E-state index contributed by atoms with van der Waals surface area (Å²) in [5.41, 5.74) is 4.90. The molecule has 0 bridgehead atoms. The van der Waals surface area contributed by atoms with Gasteiger partial charge in [-0.15, -0.1) is 11.8 Å². The van der Waals surface area contributed by atoms with Crippen molar-refractivity contribution in [1.29, 1.82) is 0 Å². The zero-order valence-electron chi connectivity index (χ0n) is 8.52. The molecule has 1 atom stereocenters. The summed E-state index contributed by atoms with van der Waals surface area (Å²) >= 11 is 1.67. The third-order valence-electron chi connectivity index (χ3n) is 1.73. The summed E-state index contributed by atoms with van der Waals surface area (Å²) in [6.45, 7) is 0.330. The third kappa shape index (κ3) is 4.85. The Morgan fingerprint density at radius 3 is 2.67 bits per heavy atom. The lowest BCUT2D eigenvalue weighted by molar-refractivity contribution is 0.357. The number of alkyl halides is 1. The molecule has 1 rings (SSSR count). The van der Waals surface area contributed by atoms with E-state index in [0.29, 0.717) is 6.61 Å². The largest absolute Gasteiger partial charge is 0.490 e. The van der Waals surface area contributed by atoms with E-state index in [2.05, 4.69) is 0 Å². The van der Waals surface area contributed by atoms with Gasteiger partial charge < -0.3 is 4.74 Å². The van der Waals surface area contributed by atoms with Crippen LogP contribution in [0.15, 0.2) is 41.3 Å². The molecule has 4 heteroatoms. The molecule has 0 aliphatic carbocycles. The van der Waals surface area contributed by atoms with Crippen molar-refractivity contribution in [3.8, 4) is 5.75 Å². The molecular formula is C11H14FNOS. The lowest BCUT2D eigenvalue weighted by Crippen LogP contribution is -2.08. The number of benzene rings is 1. The van der Waals surface area contributed by atoms with Crippen LogP contribution >= 0.6 is 11.8 Å². The van der Waals surface area contributed by atoms with Gasteiger partial charge in [0.2, 0.25) is 0 Å². The lowest BCUT2D eigenvalue weighted by Gasteiger charge is -2.03. The summed E-state index contributed by atoms with van der Waals surface area (Å²) in [6.07, 6.45) is 3.43. The average molecular weight is 227 g/mol. The minimum absolute atomic E-state index is 0.330. The Labute approximate surface area is 93.3 Å². The molecule has 1 aromatic rings. The first-order valence-corrected chi connectivity index (χ1v) is 5.78. The Kier molecular flexibility index (Phi) is 5.21. The molecule has 0 aliphatic rings. The van der Waals surface area contributed by atoms with E-state index in [1.54, 1.807) is 17.8 Å². The molecule has 82 valence electrons. The van der Waals surface area contributed by atoms with Gasteiger partial charge in [0.25, 0.3) is 0 Å². The molecule has 0 saturated heterocycles. The molecule has 1 aromatic carbocycles. The molecule has 2 nitrogen and oxygen atoms in total. The van der Waals surface area contributed by atoms with Gasteiger partial charge in [-0.25, -0.2) is 4.39 Å². The molecule has 0 radical (unpaired) electrons. The van der Waals surface area contributed by atoms with Crippen molar-refractivity contribution in [2.75, 3.05) is 12.9 Å². The standard InChI is InChI=1S/C11H14FNOS/c1-15-10-6-4-9(5-7-10)14-8-2-3-11(12)13/h2-7,11H,8,13H2,1H3. The fraction of sp³-hybridized carbons (Fsp3) is 0.273. The van der Waals surface area contributed by atoms with Crippen LogP contribution in [0.4, 0.5) is 4.39 Å². The highest BCUT2D eigenvalue weighted by Crippen LogP contribution is 2.18. The summed E-state index contributed by atoms with van der Waals surface area (Å²) in [5, 5.41) is 0.